The van der Waals surface area contributed by atoms with E-state index in [1.165, 1.54) is 16.7 Å². The van der Waals surface area contributed by atoms with Crippen molar-refractivity contribution in [3.63, 3.8) is 0 Å². The van der Waals surface area contributed by atoms with Crippen molar-refractivity contribution in [1.29, 1.82) is 0 Å². The average molecular weight is 212 g/mol. The first-order valence-corrected chi connectivity index (χ1v) is 5.36. The number of thiol groups is 2. The molecule has 0 unspecified atom stereocenters. The van der Waals surface area contributed by atoms with Gasteiger partial charge in [-0.15, -0.1) is 25.3 Å². The first-order valence-electron chi connectivity index (χ1n) is 4.47. The van der Waals surface area contributed by atoms with Crippen molar-refractivity contribution in [2.45, 2.75) is 43.4 Å². The fourth-order valence-electron chi connectivity index (χ4n) is 1.62. The molecule has 0 bridgehead atoms. The van der Waals surface area contributed by atoms with E-state index in [1.54, 1.807) is 0 Å². The lowest BCUT2D eigenvalue weighted by atomic mass is 9.95. The van der Waals surface area contributed by atoms with Gasteiger partial charge in [0, 0.05) is 9.79 Å². The first kappa shape index (κ1) is 11.0. The van der Waals surface area contributed by atoms with Gasteiger partial charge < -0.3 is 0 Å². The Labute approximate surface area is 91.6 Å². The van der Waals surface area contributed by atoms with Gasteiger partial charge in [-0.2, -0.15) is 0 Å². The fraction of sp³-hybridized carbons (Fsp3) is 0.455. The molecule has 72 valence electrons. The minimum atomic E-state index is 0.512. The molecule has 0 spiro atoms. The van der Waals surface area contributed by atoms with E-state index in [-0.39, 0.29) is 0 Å². The highest BCUT2D eigenvalue weighted by Gasteiger charge is 2.11. The van der Waals surface area contributed by atoms with E-state index in [9.17, 15) is 0 Å². The summed E-state index contributed by atoms with van der Waals surface area (Å²) in [7, 11) is 0. The summed E-state index contributed by atoms with van der Waals surface area (Å²) in [6.45, 7) is 8.65. The van der Waals surface area contributed by atoms with Gasteiger partial charge in [0.1, 0.15) is 0 Å². The molecule has 0 fully saturated rings. The molecule has 13 heavy (non-hydrogen) atoms. The minimum absolute atomic E-state index is 0.512. The standard InChI is InChI=1S/C11H16S2/c1-6(2)10-8(4)7(3)5-9(12)11(10)13/h5-6,12-13H,1-4H3. The lowest BCUT2D eigenvalue weighted by Crippen LogP contribution is -1.97. The van der Waals surface area contributed by atoms with Crippen LogP contribution in [0.15, 0.2) is 15.9 Å². The number of aryl methyl sites for hydroxylation is 1. The summed E-state index contributed by atoms with van der Waals surface area (Å²) >= 11 is 8.89. The Morgan fingerprint density at radius 3 is 2.15 bits per heavy atom. The van der Waals surface area contributed by atoms with Crippen molar-refractivity contribution < 1.29 is 0 Å². The molecule has 0 heterocycles. The van der Waals surface area contributed by atoms with Crippen molar-refractivity contribution >= 4 is 25.3 Å². The fourth-order valence-corrected chi connectivity index (χ4v) is 2.42. The van der Waals surface area contributed by atoms with Gasteiger partial charge in [0.2, 0.25) is 0 Å². The number of hydrogen-bond donors (Lipinski definition) is 2. The van der Waals surface area contributed by atoms with Crippen LogP contribution in [0.5, 0.6) is 0 Å². The Morgan fingerprint density at radius 2 is 1.69 bits per heavy atom. The predicted octanol–water partition coefficient (Wildman–Crippen LogP) is 4.00. The maximum Gasteiger partial charge on any atom is 0.0211 e. The molecule has 0 atom stereocenters. The Balaban J connectivity index is 3.46. The zero-order valence-electron chi connectivity index (χ0n) is 8.55. The van der Waals surface area contributed by atoms with Crippen LogP contribution in [0.2, 0.25) is 0 Å². The van der Waals surface area contributed by atoms with E-state index in [0.717, 1.165) is 9.79 Å². The second-order valence-electron chi connectivity index (χ2n) is 3.75. The molecule has 1 rings (SSSR count). The zero-order chi connectivity index (χ0) is 10.2. The highest BCUT2D eigenvalue weighted by atomic mass is 32.1. The van der Waals surface area contributed by atoms with Gasteiger partial charge in [-0.1, -0.05) is 13.8 Å². The van der Waals surface area contributed by atoms with Crippen LogP contribution in [0, 0.1) is 13.8 Å². The molecular weight excluding hydrogens is 196 g/mol. The third-order valence-electron chi connectivity index (χ3n) is 2.42. The largest absolute Gasteiger partial charge is 0.142 e. The van der Waals surface area contributed by atoms with Crippen LogP contribution in [-0.2, 0) is 0 Å². The van der Waals surface area contributed by atoms with Gasteiger partial charge >= 0.3 is 0 Å². The summed E-state index contributed by atoms with van der Waals surface area (Å²) in [5.41, 5.74) is 3.97. The summed E-state index contributed by atoms with van der Waals surface area (Å²) in [5, 5.41) is 0. The molecule has 1 aromatic carbocycles. The van der Waals surface area contributed by atoms with E-state index in [4.69, 9.17) is 0 Å². The van der Waals surface area contributed by atoms with E-state index in [1.807, 2.05) is 0 Å². The molecule has 0 nitrogen and oxygen atoms in total. The Bertz CT molecular complexity index is 301. The van der Waals surface area contributed by atoms with E-state index in [0.29, 0.717) is 5.92 Å². The number of hydrogen-bond acceptors (Lipinski definition) is 2. The third-order valence-corrected chi connectivity index (χ3v) is 3.43. The zero-order valence-corrected chi connectivity index (χ0v) is 10.3. The van der Waals surface area contributed by atoms with Gasteiger partial charge in [-0.05, 0) is 42.5 Å². The number of benzene rings is 1. The Kier molecular flexibility index (Phi) is 3.36. The van der Waals surface area contributed by atoms with Gasteiger partial charge in [0.15, 0.2) is 0 Å². The maximum atomic E-state index is 4.49. The molecule has 1 aromatic rings. The monoisotopic (exact) mass is 212 g/mol. The molecule has 0 aliphatic carbocycles. The lowest BCUT2D eigenvalue weighted by Gasteiger charge is -2.16. The van der Waals surface area contributed by atoms with Crippen LogP contribution in [0.25, 0.3) is 0 Å². The van der Waals surface area contributed by atoms with Crippen LogP contribution in [0.1, 0.15) is 36.5 Å². The molecule has 0 aromatic heterocycles. The predicted molar refractivity (Wildman–Crippen MR) is 64.5 cm³/mol. The van der Waals surface area contributed by atoms with E-state index in [2.05, 4.69) is 59.0 Å². The van der Waals surface area contributed by atoms with E-state index >= 15 is 0 Å². The molecule has 0 saturated carbocycles. The normalized spacial score (nSPS) is 11.0. The Hall–Kier alpha value is -0.0800. The molecule has 0 aliphatic rings. The molecule has 0 radical (unpaired) electrons. The molecule has 0 N–H and O–H groups in total. The molecule has 0 aliphatic heterocycles. The topological polar surface area (TPSA) is 0 Å². The second-order valence-corrected chi connectivity index (χ2v) is 4.68. The van der Waals surface area contributed by atoms with Crippen LogP contribution in [-0.4, -0.2) is 0 Å². The van der Waals surface area contributed by atoms with E-state index < -0.39 is 0 Å². The van der Waals surface area contributed by atoms with Crippen molar-refractivity contribution in [2.24, 2.45) is 0 Å². The SMILES string of the molecule is Cc1cc(S)c(S)c(C(C)C)c1C. The van der Waals surface area contributed by atoms with Crippen LogP contribution >= 0.6 is 25.3 Å². The summed E-state index contributed by atoms with van der Waals surface area (Å²) in [6.07, 6.45) is 0. The number of rotatable bonds is 1. The smallest absolute Gasteiger partial charge is 0.0211 e. The van der Waals surface area contributed by atoms with Crippen LogP contribution in [0.3, 0.4) is 0 Å². The maximum absolute atomic E-state index is 4.49. The molecule has 0 saturated heterocycles. The van der Waals surface area contributed by atoms with Crippen molar-refractivity contribution in [3.05, 3.63) is 22.8 Å². The summed E-state index contributed by atoms with van der Waals surface area (Å²) < 4.78 is 0. The van der Waals surface area contributed by atoms with Gasteiger partial charge in [-0.3, -0.25) is 0 Å². The summed E-state index contributed by atoms with van der Waals surface area (Å²) in [5.74, 6) is 0.512. The highest BCUT2D eigenvalue weighted by molar-refractivity contribution is 7.83. The van der Waals surface area contributed by atoms with Crippen molar-refractivity contribution in [3.8, 4) is 0 Å². The van der Waals surface area contributed by atoms with Crippen LogP contribution < -0.4 is 0 Å². The summed E-state index contributed by atoms with van der Waals surface area (Å²) in [4.78, 5) is 2.01. The molecule has 2 heteroatoms. The van der Waals surface area contributed by atoms with Crippen LogP contribution in [0.4, 0.5) is 0 Å². The van der Waals surface area contributed by atoms with Crippen molar-refractivity contribution in [1.82, 2.24) is 0 Å². The Morgan fingerprint density at radius 1 is 1.15 bits per heavy atom. The highest BCUT2D eigenvalue weighted by Crippen LogP contribution is 2.33. The van der Waals surface area contributed by atoms with Gasteiger partial charge in [0.25, 0.3) is 0 Å². The van der Waals surface area contributed by atoms with Crippen molar-refractivity contribution in [2.75, 3.05) is 0 Å². The lowest BCUT2D eigenvalue weighted by molar-refractivity contribution is 0.817. The first-order chi connectivity index (χ1) is 5.95. The third kappa shape index (κ3) is 2.05. The second kappa shape index (κ2) is 3.97. The average Bonchev–Trinajstić information content (AvgIpc) is 2.01. The quantitative estimate of drug-likeness (QED) is 0.646. The molecular formula is C11H16S2. The molecule has 0 amide bonds. The van der Waals surface area contributed by atoms with Gasteiger partial charge in [-0.25, -0.2) is 0 Å². The minimum Gasteiger partial charge on any atom is -0.142 e. The van der Waals surface area contributed by atoms with Gasteiger partial charge in [0.05, 0.1) is 0 Å². The summed E-state index contributed by atoms with van der Waals surface area (Å²) in [6, 6.07) is 2.08.